The van der Waals surface area contributed by atoms with Crippen LogP contribution in [-0.4, -0.2) is 23.9 Å². The number of phenols is 1. The van der Waals surface area contributed by atoms with Gasteiger partial charge in [0.05, 0.1) is 17.9 Å². The average molecular weight is 480 g/mol. The van der Waals surface area contributed by atoms with Crippen molar-refractivity contribution in [2.24, 2.45) is 4.99 Å². The maximum atomic E-state index is 12.5. The molecule has 178 valence electrons. The monoisotopic (exact) mass is 479 g/mol. The quantitative estimate of drug-likeness (QED) is 0.125. The predicted molar refractivity (Wildman–Crippen MR) is 137 cm³/mol. The molecule has 0 radical (unpaired) electrons. The van der Waals surface area contributed by atoms with E-state index < -0.39 is 5.97 Å². The van der Waals surface area contributed by atoms with Gasteiger partial charge in [-0.3, -0.25) is 4.99 Å². The maximum absolute atomic E-state index is 12.5. The zero-order chi connectivity index (χ0) is 24.2. The Bertz CT molecular complexity index is 1100. The molecule has 0 aromatic heterocycles. The molecule has 3 aromatic rings. The Balaban J connectivity index is 1.49. The van der Waals surface area contributed by atoms with Gasteiger partial charge < -0.3 is 14.6 Å². The van der Waals surface area contributed by atoms with Crippen LogP contribution in [0, 0.1) is 0 Å². The molecule has 0 atom stereocenters. The second kappa shape index (κ2) is 13.4. The van der Waals surface area contributed by atoms with Crippen molar-refractivity contribution in [2.45, 2.75) is 45.4 Å². The van der Waals surface area contributed by atoms with Crippen LogP contribution in [0.2, 0.25) is 5.02 Å². The van der Waals surface area contributed by atoms with Crippen molar-refractivity contribution in [1.82, 2.24) is 0 Å². The Morgan fingerprint density at radius 3 is 2.41 bits per heavy atom. The van der Waals surface area contributed by atoms with E-state index in [9.17, 15) is 9.90 Å². The Labute approximate surface area is 206 Å². The van der Waals surface area contributed by atoms with E-state index in [0.717, 1.165) is 12.2 Å². The van der Waals surface area contributed by atoms with E-state index in [2.05, 4.69) is 11.9 Å². The lowest BCUT2D eigenvalue weighted by atomic mass is 10.1. The number of unbranched alkanes of at least 4 members (excludes halogenated alkanes) is 5. The second-order valence-electron chi connectivity index (χ2n) is 7.99. The minimum absolute atomic E-state index is 0.0467. The number of carbonyl (C=O) groups excluding carboxylic acids is 1. The molecule has 0 aliphatic carbocycles. The van der Waals surface area contributed by atoms with Crippen molar-refractivity contribution in [2.75, 3.05) is 6.61 Å². The number of carbonyl (C=O) groups is 1. The van der Waals surface area contributed by atoms with E-state index in [1.54, 1.807) is 60.7 Å². The molecule has 3 rings (SSSR count). The fourth-order valence-electron chi connectivity index (χ4n) is 3.32. The number of ether oxygens (including phenoxy) is 2. The maximum Gasteiger partial charge on any atom is 0.343 e. The molecular formula is C28H30ClNO4. The summed E-state index contributed by atoms with van der Waals surface area (Å²) in [6.07, 6.45) is 8.78. The molecule has 6 heteroatoms. The molecule has 3 aromatic carbocycles. The van der Waals surface area contributed by atoms with E-state index in [1.807, 2.05) is 0 Å². The van der Waals surface area contributed by atoms with Gasteiger partial charge in [0.1, 0.15) is 17.2 Å². The molecule has 0 fully saturated rings. The third-order valence-electron chi connectivity index (χ3n) is 5.23. The number of esters is 1. The Morgan fingerprint density at radius 1 is 0.941 bits per heavy atom. The lowest BCUT2D eigenvalue weighted by Crippen LogP contribution is -2.08. The molecule has 0 saturated carbocycles. The van der Waals surface area contributed by atoms with Gasteiger partial charge in [0.2, 0.25) is 0 Å². The number of nitrogens with zero attached hydrogens (tertiary/aromatic N) is 1. The van der Waals surface area contributed by atoms with Gasteiger partial charge in [-0.2, -0.15) is 0 Å². The van der Waals surface area contributed by atoms with Crippen molar-refractivity contribution in [3.05, 3.63) is 82.9 Å². The van der Waals surface area contributed by atoms with Crippen molar-refractivity contribution >= 4 is 29.5 Å². The van der Waals surface area contributed by atoms with Crippen LogP contribution in [0.1, 0.15) is 61.4 Å². The lowest BCUT2D eigenvalue weighted by molar-refractivity contribution is 0.0734. The fraction of sp³-hybridized carbons (Fsp3) is 0.286. The molecule has 0 aliphatic heterocycles. The summed E-state index contributed by atoms with van der Waals surface area (Å²) >= 11 is 5.96. The van der Waals surface area contributed by atoms with Crippen LogP contribution in [-0.2, 0) is 0 Å². The molecule has 0 saturated heterocycles. The molecule has 0 spiro atoms. The van der Waals surface area contributed by atoms with Crippen LogP contribution < -0.4 is 9.47 Å². The highest BCUT2D eigenvalue weighted by atomic mass is 35.5. The molecule has 0 unspecified atom stereocenters. The highest BCUT2D eigenvalue weighted by molar-refractivity contribution is 6.30. The normalized spacial score (nSPS) is 11.0. The molecular weight excluding hydrogens is 450 g/mol. The van der Waals surface area contributed by atoms with E-state index >= 15 is 0 Å². The predicted octanol–water partition coefficient (Wildman–Crippen LogP) is 7.75. The first-order valence-electron chi connectivity index (χ1n) is 11.6. The molecule has 0 aliphatic rings. The van der Waals surface area contributed by atoms with Crippen molar-refractivity contribution < 1.29 is 19.4 Å². The number of aromatic hydroxyl groups is 1. The summed E-state index contributed by atoms with van der Waals surface area (Å²) < 4.78 is 11.1. The Hall–Kier alpha value is -3.31. The van der Waals surface area contributed by atoms with Crippen molar-refractivity contribution in [3.8, 4) is 17.2 Å². The minimum atomic E-state index is -0.512. The minimum Gasteiger partial charge on any atom is -0.507 e. The summed E-state index contributed by atoms with van der Waals surface area (Å²) in [5.41, 5.74) is 1.56. The number of benzene rings is 3. The third-order valence-corrected chi connectivity index (χ3v) is 5.47. The summed E-state index contributed by atoms with van der Waals surface area (Å²) in [5, 5.41) is 10.9. The van der Waals surface area contributed by atoms with Crippen LogP contribution in [0.5, 0.6) is 17.2 Å². The molecule has 34 heavy (non-hydrogen) atoms. The summed E-state index contributed by atoms with van der Waals surface area (Å²) in [7, 11) is 0. The van der Waals surface area contributed by atoms with Crippen LogP contribution in [0.15, 0.2) is 71.7 Å². The largest absolute Gasteiger partial charge is 0.507 e. The van der Waals surface area contributed by atoms with Gasteiger partial charge in [0, 0.05) is 22.9 Å². The number of phenolic OH excluding ortho intramolecular Hbond substituents is 1. The van der Waals surface area contributed by atoms with Gasteiger partial charge in [-0.1, -0.05) is 56.7 Å². The van der Waals surface area contributed by atoms with E-state index in [4.69, 9.17) is 21.1 Å². The first-order valence-corrected chi connectivity index (χ1v) is 12.0. The van der Waals surface area contributed by atoms with E-state index in [-0.39, 0.29) is 11.5 Å². The summed E-state index contributed by atoms with van der Waals surface area (Å²) in [4.78, 5) is 16.8. The van der Waals surface area contributed by atoms with Gasteiger partial charge in [-0.15, -0.1) is 0 Å². The first-order chi connectivity index (χ1) is 16.5. The molecule has 0 amide bonds. The Morgan fingerprint density at radius 2 is 1.68 bits per heavy atom. The van der Waals surface area contributed by atoms with Crippen LogP contribution in [0.25, 0.3) is 0 Å². The number of rotatable bonds is 12. The lowest BCUT2D eigenvalue weighted by Gasteiger charge is -2.08. The summed E-state index contributed by atoms with van der Waals surface area (Å²) in [6, 6.07) is 18.6. The van der Waals surface area contributed by atoms with Crippen LogP contribution in [0.3, 0.4) is 0 Å². The third kappa shape index (κ3) is 8.23. The standard InChI is InChI=1S/C28H30ClNO4/c1-2-3-4-5-6-7-17-33-25-14-11-21(12-15-25)28(32)34-26-16-13-22(27(31)19-26)20-30-24-10-8-9-23(29)18-24/h8-16,18-20,31H,2-7,17H2,1H3. The first kappa shape index (κ1) is 25.3. The zero-order valence-electron chi connectivity index (χ0n) is 19.4. The smallest absolute Gasteiger partial charge is 0.343 e. The van der Waals surface area contributed by atoms with Gasteiger partial charge >= 0.3 is 5.97 Å². The highest BCUT2D eigenvalue weighted by Crippen LogP contribution is 2.25. The Kier molecular flexibility index (Phi) is 9.98. The van der Waals surface area contributed by atoms with Gasteiger partial charge in [-0.05, 0) is 61.0 Å². The zero-order valence-corrected chi connectivity index (χ0v) is 20.1. The van der Waals surface area contributed by atoms with Crippen LogP contribution in [0.4, 0.5) is 5.69 Å². The van der Waals surface area contributed by atoms with Crippen LogP contribution >= 0.6 is 11.6 Å². The van der Waals surface area contributed by atoms with E-state index in [1.165, 1.54) is 44.4 Å². The highest BCUT2D eigenvalue weighted by Gasteiger charge is 2.10. The van der Waals surface area contributed by atoms with Crippen molar-refractivity contribution in [1.29, 1.82) is 0 Å². The number of aliphatic imine (C=N–C) groups is 1. The average Bonchev–Trinajstić information content (AvgIpc) is 2.83. The summed E-state index contributed by atoms with van der Waals surface area (Å²) in [5.74, 6) is 0.411. The topological polar surface area (TPSA) is 68.1 Å². The SMILES string of the molecule is CCCCCCCCOc1ccc(C(=O)Oc2ccc(C=Nc3cccc(Cl)c3)c(O)c2)cc1. The van der Waals surface area contributed by atoms with E-state index in [0.29, 0.717) is 28.4 Å². The molecule has 0 bridgehead atoms. The molecule has 1 N–H and O–H groups in total. The second-order valence-corrected chi connectivity index (χ2v) is 8.43. The number of halogens is 1. The van der Waals surface area contributed by atoms with Gasteiger partial charge in [-0.25, -0.2) is 4.79 Å². The number of hydrogen-bond donors (Lipinski definition) is 1. The van der Waals surface area contributed by atoms with Gasteiger partial charge in [0.25, 0.3) is 0 Å². The van der Waals surface area contributed by atoms with Gasteiger partial charge in [0.15, 0.2) is 0 Å². The molecule has 0 heterocycles. The number of hydrogen-bond acceptors (Lipinski definition) is 5. The fourth-order valence-corrected chi connectivity index (χ4v) is 3.51. The molecule has 5 nitrogen and oxygen atoms in total. The summed E-state index contributed by atoms with van der Waals surface area (Å²) in [6.45, 7) is 2.88. The van der Waals surface area contributed by atoms with Crippen molar-refractivity contribution in [3.63, 3.8) is 0 Å².